The van der Waals surface area contributed by atoms with Crippen molar-refractivity contribution in [2.75, 3.05) is 0 Å². The molecule has 2 rings (SSSR count). The van der Waals surface area contributed by atoms with Crippen LogP contribution in [0.25, 0.3) is 0 Å². The summed E-state index contributed by atoms with van der Waals surface area (Å²) < 4.78 is 12.6. The molecule has 0 saturated carbocycles. The minimum atomic E-state index is -0.205. The maximum Gasteiger partial charge on any atom is 0.123 e. The topological polar surface area (TPSA) is 12.9 Å². The van der Waals surface area contributed by atoms with E-state index in [2.05, 4.69) is 4.98 Å². The van der Waals surface area contributed by atoms with Gasteiger partial charge in [0.15, 0.2) is 0 Å². The Balaban J connectivity index is 2.16. The summed E-state index contributed by atoms with van der Waals surface area (Å²) in [5, 5.41) is 0. The Bertz CT molecular complexity index is 399. The lowest BCUT2D eigenvalue weighted by Gasteiger charge is -1.99. The summed E-state index contributed by atoms with van der Waals surface area (Å²) in [6.07, 6.45) is 3.48. The van der Waals surface area contributed by atoms with Crippen LogP contribution in [-0.4, -0.2) is 4.98 Å². The highest BCUT2D eigenvalue weighted by Crippen LogP contribution is 2.26. The molecule has 0 atom stereocenters. The largest absolute Gasteiger partial charge is 0.265 e. The molecule has 1 aromatic carbocycles. The number of hydrogen-bond donors (Lipinski definition) is 0. The van der Waals surface area contributed by atoms with E-state index in [1.807, 2.05) is 12.1 Å². The van der Waals surface area contributed by atoms with Crippen LogP contribution in [0.5, 0.6) is 0 Å². The zero-order valence-electron chi connectivity index (χ0n) is 7.35. The maximum atomic E-state index is 12.6. The summed E-state index contributed by atoms with van der Waals surface area (Å²) in [5.41, 5.74) is 0. The molecule has 0 saturated heterocycles. The molecule has 0 aliphatic heterocycles. The van der Waals surface area contributed by atoms with Crippen LogP contribution < -0.4 is 0 Å². The molecule has 70 valence electrons. The number of hydrogen-bond acceptors (Lipinski definition) is 2. The Morgan fingerprint density at radius 1 is 0.857 bits per heavy atom. The van der Waals surface area contributed by atoms with Gasteiger partial charge < -0.3 is 0 Å². The van der Waals surface area contributed by atoms with Crippen LogP contribution in [-0.2, 0) is 0 Å². The Hall–Kier alpha value is -1.35. The summed E-state index contributed by atoms with van der Waals surface area (Å²) in [6, 6.07) is 10.3. The fraction of sp³-hybridized carbons (Fsp3) is 0. The highest BCUT2D eigenvalue weighted by Gasteiger charge is 1.96. The Labute approximate surface area is 86.0 Å². The molecular weight excluding hydrogens is 197 g/mol. The number of pyridine rings is 1. The van der Waals surface area contributed by atoms with Crippen LogP contribution in [0.2, 0.25) is 0 Å². The molecule has 0 aliphatic carbocycles. The molecule has 0 N–H and O–H groups in total. The van der Waals surface area contributed by atoms with Crippen molar-refractivity contribution >= 4 is 11.8 Å². The minimum absolute atomic E-state index is 0.205. The van der Waals surface area contributed by atoms with Crippen molar-refractivity contribution in [1.29, 1.82) is 0 Å². The highest BCUT2D eigenvalue weighted by molar-refractivity contribution is 7.99. The molecule has 0 bridgehead atoms. The molecule has 14 heavy (non-hydrogen) atoms. The Kier molecular flexibility index (Phi) is 2.79. The van der Waals surface area contributed by atoms with Gasteiger partial charge in [-0.25, -0.2) is 4.39 Å². The van der Waals surface area contributed by atoms with Gasteiger partial charge in [0, 0.05) is 22.2 Å². The number of benzene rings is 1. The van der Waals surface area contributed by atoms with Crippen LogP contribution in [0.4, 0.5) is 4.39 Å². The Morgan fingerprint density at radius 2 is 1.43 bits per heavy atom. The van der Waals surface area contributed by atoms with E-state index in [-0.39, 0.29) is 5.82 Å². The SMILES string of the molecule is Fc1ccc(Sc2ccncc2)cc1. The molecule has 3 heteroatoms. The number of halogens is 1. The average Bonchev–Trinajstić information content (AvgIpc) is 2.23. The number of nitrogens with zero attached hydrogens (tertiary/aromatic N) is 1. The molecule has 0 spiro atoms. The third-order valence-electron chi connectivity index (χ3n) is 1.70. The van der Waals surface area contributed by atoms with Gasteiger partial charge >= 0.3 is 0 Å². The zero-order valence-corrected chi connectivity index (χ0v) is 8.17. The third kappa shape index (κ3) is 2.33. The van der Waals surface area contributed by atoms with E-state index in [1.165, 1.54) is 12.1 Å². The van der Waals surface area contributed by atoms with E-state index in [0.29, 0.717) is 0 Å². The van der Waals surface area contributed by atoms with Crippen molar-refractivity contribution in [2.45, 2.75) is 9.79 Å². The lowest BCUT2D eigenvalue weighted by atomic mass is 10.4. The lowest BCUT2D eigenvalue weighted by Crippen LogP contribution is -1.76. The highest BCUT2D eigenvalue weighted by atomic mass is 32.2. The van der Waals surface area contributed by atoms with Crippen LogP contribution in [0.15, 0.2) is 58.6 Å². The summed E-state index contributed by atoms with van der Waals surface area (Å²) in [7, 11) is 0. The van der Waals surface area contributed by atoms with E-state index >= 15 is 0 Å². The normalized spacial score (nSPS) is 10.1. The molecule has 0 unspecified atom stereocenters. The summed E-state index contributed by atoms with van der Waals surface area (Å²) >= 11 is 1.59. The van der Waals surface area contributed by atoms with Gasteiger partial charge in [-0.05, 0) is 36.4 Å². The Morgan fingerprint density at radius 3 is 2.07 bits per heavy atom. The monoisotopic (exact) mass is 205 g/mol. The third-order valence-corrected chi connectivity index (χ3v) is 2.71. The molecule has 0 amide bonds. The van der Waals surface area contributed by atoms with Gasteiger partial charge in [-0.2, -0.15) is 0 Å². The van der Waals surface area contributed by atoms with Crippen molar-refractivity contribution in [2.24, 2.45) is 0 Å². The number of rotatable bonds is 2. The average molecular weight is 205 g/mol. The van der Waals surface area contributed by atoms with Crippen LogP contribution in [0.1, 0.15) is 0 Å². The molecule has 0 aliphatic rings. The zero-order chi connectivity index (χ0) is 9.80. The van der Waals surface area contributed by atoms with Crippen molar-refractivity contribution in [3.05, 3.63) is 54.6 Å². The van der Waals surface area contributed by atoms with Crippen molar-refractivity contribution < 1.29 is 4.39 Å². The van der Waals surface area contributed by atoms with Gasteiger partial charge in [-0.1, -0.05) is 11.8 Å². The van der Waals surface area contributed by atoms with E-state index in [9.17, 15) is 4.39 Å². The molecule has 1 nitrogen and oxygen atoms in total. The molecule has 0 fully saturated rings. The fourth-order valence-electron chi connectivity index (χ4n) is 1.04. The van der Waals surface area contributed by atoms with E-state index in [1.54, 1.807) is 36.3 Å². The quantitative estimate of drug-likeness (QED) is 0.745. The van der Waals surface area contributed by atoms with Gasteiger partial charge in [0.25, 0.3) is 0 Å². The van der Waals surface area contributed by atoms with Gasteiger partial charge in [0.05, 0.1) is 0 Å². The molecule has 2 aromatic rings. The first-order valence-electron chi connectivity index (χ1n) is 4.18. The smallest absolute Gasteiger partial charge is 0.123 e. The first-order chi connectivity index (χ1) is 6.84. The first kappa shape index (κ1) is 9.21. The second-order valence-corrected chi connectivity index (χ2v) is 3.89. The standard InChI is InChI=1S/C11H8FNS/c12-9-1-3-10(4-2-9)14-11-5-7-13-8-6-11/h1-8H. The summed E-state index contributed by atoms with van der Waals surface area (Å²) in [5.74, 6) is -0.205. The molecule has 1 aromatic heterocycles. The summed E-state index contributed by atoms with van der Waals surface area (Å²) in [6.45, 7) is 0. The van der Waals surface area contributed by atoms with Gasteiger partial charge in [0.1, 0.15) is 5.82 Å². The second kappa shape index (κ2) is 4.24. The van der Waals surface area contributed by atoms with Crippen molar-refractivity contribution in [3.63, 3.8) is 0 Å². The van der Waals surface area contributed by atoms with Crippen molar-refractivity contribution in [1.82, 2.24) is 4.98 Å². The van der Waals surface area contributed by atoms with E-state index in [0.717, 1.165) is 9.79 Å². The van der Waals surface area contributed by atoms with Crippen LogP contribution >= 0.6 is 11.8 Å². The number of aromatic nitrogens is 1. The minimum Gasteiger partial charge on any atom is -0.265 e. The van der Waals surface area contributed by atoms with Gasteiger partial charge in [-0.15, -0.1) is 0 Å². The van der Waals surface area contributed by atoms with Crippen LogP contribution in [0, 0.1) is 5.82 Å². The van der Waals surface area contributed by atoms with Crippen molar-refractivity contribution in [3.8, 4) is 0 Å². The maximum absolute atomic E-state index is 12.6. The van der Waals surface area contributed by atoms with Gasteiger partial charge in [0.2, 0.25) is 0 Å². The molecule has 1 heterocycles. The van der Waals surface area contributed by atoms with E-state index in [4.69, 9.17) is 0 Å². The predicted octanol–water partition coefficient (Wildman–Crippen LogP) is 3.37. The second-order valence-electron chi connectivity index (χ2n) is 2.74. The molecule has 0 radical (unpaired) electrons. The van der Waals surface area contributed by atoms with Crippen LogP contribution in [0.3, 0.4) is 0 Å². The summed E-state index contributed by atoms with van der Waals surface area (Å²) in [4.78, 5) is 6.06. The molecular formula is C11H8FNS. The fourth-order valence-corrected chi connectivity index (χ4v) is 1.85. The van der Waals surface area contributed by atoms with Gasteiger partial charge in [-0.3, -0.25) is 4.98 Å². The van der Waals surface area contributed by atoms with E-state index < -0.39 is 0 Å². The first-order valence-corrected chi connectivity index (χ1v) is 5.00. The lowest BCUT2D eigenvalue weighted by molar-refractivity contribution is 0.626. The predicted molar refractivity (Wildman–Crippen MR) is 54.8 cm³/mol.